The maximum absolute atomic E-state index is 11.6. The minimum Gasteiger partial charge on any atom is -0.379 e. The molecule has 0 radical (unpaired) electrons. The number of imide groups is 1. The summed E-state index contributed by atoms with van der Waals surface area (Å²) in [5.74, 6) is -1.37. The standard InChI is InChI=1S/C14H22N2O5/c17-12-5-6-13(18)16(12)21-14(19)4-2-1-3-7-15-8-10-20-11-9-15/h1-11H2. The molecule has 118 valence electrons. The molecule has 0 aromatic rings. The molecule has 2 fully saturated rings. The fourth-order valence-electron chi connectivity index (χ4n) is 2.41. The van der Waals surface area contributed by atoms with E-state index < -0.39 is 17.8 Å². The van der Waals surface area contributed by atoms with Gasteiger partial charge in [-0.15, -0.1) is 5.06 Å². The molecule has 21 heavy (non-hydrogen) atoms. The maximum atomic E-state index is 11.6. The van der Waals surface area contributed by atoms with Crippen molar-refractivity contribution in [2.45, 2.75) is 38.5 Å². The predicted octanol–water partition coefficient (Wildman–Crippen LogP) is 0.486. The van der Waals surface area contributed by atoms with Gasteiger partial charge >= 0.3 is 5.97 Å². The van der Waals surface area contributed by atoms with Crippen LogP contribution in [-0.4, -0.2) is 60.6 Å². The fraction of sp³-hybridized carbons (Fsp3) is 0.786. The Morgan fingerprint density at radius 2 is 1.71 bits per heavy atom. The number of hydroxylamine groups is 2. The Hall–Kier alpha value is -1.47. The lowest BCUT2D eigenvalue weighted by Crippen LogP contribution is -2.36. The van der Waals surface area contributed by atoms with Gasteiger partial charge in [-0.25, -0.2) is 4.79 Å². The third-order valence-corrected chi connectivity index (χ3v) is 3.66. The molecule has 0 spiro atoms. The van der Waals surface area contributed by atoms with E-state index in [1.807, 2.05) is 0 Å². The summed E-state index contributed by atoms with van der Waals surface area (Å²) in [5.41, 5.74) is 0. The largest absolute Gasteiger partial charge is 0.379 e. The van der Waals surface area contributed by atoms with Crippen molar-refractivity contribution in [3.05, 3.63) is 0 Å². The molecule has 0 N–H and O–H groups in total. The second-order valence-corrected chi connectivity index (χ2v) is 5.31. The minimum absolute atomic E-state index is 0.131. The van der Waals surface area contributed by atoms with Gasteiger partial charge in [-0.05, 0) is 19.4 Å². The maximum Gasteiger partial charge on any atom is 0.333 e. The number of hydrogen-bond acceptors (Lipinski definition) is 6. The average molecular weight is 298 g/mol. The van der Waals surface area contributed by atoms with E-state index >= 15 is 0 Å². The van der Waals surface area contributed by atoms with Crippen LogP contribution in [0.3, 0.4) is 0 Å². The second-order valence-electron chi connectivity index (χ2n) is 5.31. The highest BCUT2D eigenvalue weighted by atomic mass is 16.7. The lowest BCUT2D eigenvalue weighted by molar-refractivity contribution is -0.197. The minimum atomic E-state index is -0.509. The third kappa shape index (κ3) is 5.09. The van der Waals surface area contributed by atoms with Crippen molar-refractivity contribution in [3.63, 3.8) is 0 Å². The summed E-state index contributed by atoms with van der Waals surface area (Å²) in [4.78, 5) is 41.3. The molecule has 0 bridgehead atoms. The smallest absolute Gasteiger partial charge is 0.333 e. The Morgan fingerprint density at radius 1 is 1.05 bits per heavy atom. The quantitative estimate of drug-likeness (QED) is 0.503. The van der Waals surface area contributed by atoms with Crippen LogP contribution >= 0.6 is 0 Å². The van der Waals surface area contributed by atoms with Gasteiger partial charge in [0, 0.05) is 32.4 Å². The van der Waals surface area contributed by atoms with Crippen LogP contribution in [0, 0.1) is 0 Å². The van der Waals surface area contributed by atoms with Crippen molar-refractivity contribution in [1.82, 2.24) is 9.96 Å². The zero-order valence-corrected chi connectivity index (χ0v) is 12.2. The first-order chi connectivity index (χ1) is 10.2. The molecule has 0 unspecified atom stereocenters. The van der Waals surface area contributed by atoms with Crippen LogP contribution in [-0.2, 0) is 24.0 Å². The first-order valence-corrected chi connectivity index (χ1v) is 7.53. The van der Waals surface area contributed by atoms with Crippen molar-refractivity contribution >= 4 is 17.8 Å². The number of unbranched alkanes of at least 4 members (excludes halogenated alkanes) is 2. The molecule has 0 aromatic heterocycles. The SMILES string of the molecule is O=C(CCCCCN1CCOCC1)ON1C(=O)CCC1=O. The summed E-state index contributed by atoms with van der Waals surface area (Å²) < 4.78 is 5.28. The molecule has 0 saturated carbocycles. The molecular formula is C14H22N2O5. The zero-order valence-electron chi connectivity index (χ0n) is 12.2. The van der Waals surface area contributed by atoms with E-state index in [0.29, 0.717) is 11.5 Å². The van der Waals surface area contributed by atoms with Gasteiger partial charge in [0.25, 0.3) is 11.8 Å². The summed E-state index contributed by atoms with van der Waals surface area (Å²) in [5, 5.41) is 0.607. The van der Waals surface area contributed by atoms with Crippen molar-refractivity contribution < 1.29 is 24.0 Å². The van der Waals surface area contributed by atoms with Crippen LogP contribution in [0.2, 0.25) is 0 Å². The first-order valence-electron chi connectivity index (χ1n) is 7.53. The van der Waals surface area contributed by atoms with E-state index in [1.54, 1.807) is 0 Å². The van der Waals surface area contributed by atoms with E-state index in [-0.39, 0.29) is 19.3 Å². The molecule has 0 atom stereocenters. The summed E-state index contributed by atoms with van der Waals surface area (Å²) >= 11 is 0. The van der Waals surface area contributed by atoms with E-state index in [0.717, 1.165) is 45.7 Å². The first kappa shape index (κ1) is 15.9. The Balaban J connectivity index is 1.53. The Bertz CT molecular complexity index is 377. The third-order valence-electron chi connectivity index (χ3n) is 3.66. The van der Waals surface area contributed by atoms with E-state index in [9.17, 15) is 14.4 Å². The number of hydrogen-bond donors (Lipinski definition) is 0. The number of carbonyl (C=O) groups is 3. The van der Waals surface area contributed by atoms with E-state index in [2.05, 4.69) is 4.90 Å². The van der Waals surface area contributed by atoms with Gasteiger partial charge in [-0.3, -0.25) is 14.5 Å². The molecule has 2 rings (SSSR count). The van der Waals surface area contributed by atoms with Crippen LogP contribution in [0.1, 0.15) is 38.5 Å². The topological polar surface area (TPSA) is 76.2 Å². The molecule has 7 nitrogen and oxygen atoms in total. The average Bonchev–Trinajstić information content (AvgIpc) is 2.80. The number of ether oxygens (including phenoxy) is 1. The van der Waals surface area contributed by atoms with Gasteiger partial charge in [-0.1, -0.05) is 6.42 Å². The van der Waals surface area contributed by atoms with Crippen LogP contribution < -0.4 is 0 Å². The predicted molar refractivity (Wildman–Crippen MR) is 72.9 cm³/mol. The molecule has 7 heteroatoms. The van der Waals surface area contributed by atoms with Gasteiger partial charge in [0.1, 0.15) is 0 Å². The number of carbonyl (C=O) groups excluding carboxylic acids is 3. The zero-order chi connectivity index (χ0) is 15.1. The summed E-state index contributed by atoms with van der Waals surface area (Å²) in [6.45, 7) is 4.55. The fourth-order valence-corrected chi connectivity index (χ4v) is 2.41. The summed E-state index contributed by atoms with van der Waals surface area (Å²) in [6, 6.07) is 0. The highest BCUT2D eigenvalue weighted by Gasteiger charge is 2.32. The monoisotopic (exact) mass is 298 g/mol. The van der Waals surface area contributed by atoms with E-state index in [4.69, 9.17) is 9.57 Å². The number of nitrogens with zero attached hydrogens (tertiary/aromatic N) is 2. The van der Waals surface area contributed by atoms with Crippen molar-refractivity contribution in [1.29, 1.82) is 0 Å². The molecule has 2 aliphatic rings. The van der Waals surface area contributed by atoms with Crippen LogP contribution in [0.25, 0.3) is 0 Å². The lowest BCUT2D eigenvalue weighted by atomic mass is 10.2. The van der Waals surface area contributed by atoms with Gasteiger partial charge in [-0.2, -0.15) is 0 Å². The number of morpholine rings is 1. The molecule has 0 aliphatic carbocycles. The molecule has 2 aliphatic heterocycles. The number of amides is 2. The van der Waals surface area contributed by atoms with Crippen LogP contribution in [0.4, 0.5) is 0 Å². The van der Waals surface area contributed by atoms with Crippen molar-refractivity contribution in [2.24, 2.45) is 0 Å². The molecule has 0 aromatic carbocycles. The van der Waals surface area contributed by atoms with Gasteiger partial charge < -0.3 is 9.57 Å². The van der Waals surface area contributed by atoms with Gasteiger partial charge in [0.05, 0.1) is 13.2 Å². The highest BCUT2D eigenvalue weighted by Crippen LogP contribution is 2.13. The summed E-state index contributed by atoms with van der Waals surface area (Å²) in [7, 11) is 0. The van der Waals surface area contributed by atoms with Crippen LogP contribution in [0.5, 0.6) is 0 Å². The Kier molecular flexibility index (Phi) is 6.13. The molecule has 2 heterocycles. The second kappa shape index (κ2) is 8.09. The number of rotatable bonds is 7. The molecule has 2 saturated heterocycles. The molecular weight excluding hydrogens is 276 g/mol. The molecule has 2 amide bonds. The van der Waals surface area contributed by atoms with Crippen LogP contribution in [0.15, 0.2) is 0 Å². The Labute approximate surface area is 124 Å². The van der Waals surface area contributed by atoms with E-state index in [1.165, 1.54) is 0 Å². The highest BCUT2D eigenvalue weighted by molar-refractivity contribution is 6.01. The van der Waals surface area contributed by atoms with Crippen molar-refractivity contribution in [2.75, 3.05) is 32.8 Å². The van der Waals surface area contributed by atoms with Gasteiger partial charge in [0.2, 0.25) is 0 Å². The lowest BCUT2D eigenvalue weighted by Gasteiger charge is -2.26. The normalized spacial score (nSPS) is 20.1. The van der Waals surface area contributed by atoms with Gasteiger partial charge in [0.15, 0.2) is 0 Å². The summed E-state index contributed by atoms with van der Waals surface area (Å²) in [6.07, 6.45) is 3.15. The Morgan fingerprint density at radius 3 is 2.38 bits per heavy atom. The van der Waals surface area contributed by atoms with Crippen molar-refractivity contribution in [3.8, 4) is 0 Å².